The summed E-state index contributed by atoms with van der Waals surface area (Å²) in [6.07, 6.45) is 0. The van der Waals surface area contributed by atoms with Gasteiger partial charge in [0, 0.05) is 60.2 Å². The Labute approximate surface area is 402 Å². The molecule has 4 heteroatoms. The van der Waals surface area contributed by atoms with E-state index in [0.717, 1.165) is 55.6 Å². The summed E-state index contributed by atoms with van der Waals surface area (Å²) < 4.78 is 13.7. The third-order valence-corrected chi connectivity index (χ3v) is 14.6. The predicted octanol–water partition coefficient (Wildman–Crippen LogP) is 17.9. The Hall–Kier alpha value is -9.38. The molecular weight excluding hydrogens is 851 g/mol. The molecule has 326 valence electrons. The highest BCUT2D eigenvalue weighted by Crippen LogP contribution is 2.42. The molecule has 70 heavy (non-hydrogen) atoms. The monoisotopic (exact) mass is 891 g/mol. The molecule has 4 aromatic heterocycles. The molecule has 0 fully saturated rings. The summed E-state index contributed by atoms with van der Waals surface area (Å²) in [7, 11) is 0. The summed E-state index contributed by atoms with van der Waals surface area (Å²) in [6, 6.07) is 90.4. The minimum Gasteiger partial charge on any atom is -0.456 e. The average molecular weight is 892 g/mol. The molecule has 0 radical (unpaired) electrons. The Morgan fingerprint density at radius 3 is 1.40 bits per heavy atom. The number of furan rings is 1. The maximum absolute atomic E-state index is 6.53. The fourth-order valence-corrected chi connectivity index (χ4v) is 11.5. The molecule has 0 spiro atoms. The van der Waals surface area contributed by atoms with Gasteiger partial charge in [0.2, 0.25) is 0 Å². The average Bonchev–Trinajstić information content (AvgIpc) is 4.17. The number of rotatable bonds is 6. The van der Waals surface area contributed by atoms with E-state index < -0.39 is 0 Å². The van der Waals surface area contributed by atoms with Crippen molar-refractivity contribution in [3.63, 3.8) is 0 Å². The van der Waals surface area contributed by atoms with E-state index in [1.54, 1.807) is 0 Å². The van der Waals surface area contributed by atoms with Crippen molar-refractivity contribution in [1.29, 1.82) is 0 Å². The molecule has 0 aliphatic heterocycles. The lowest BCUT2D eigenvalue weighted by Gasteiger charge is -2.11. The Bertz CT molecular complexity index is 4530. The van der Waals surface area contributed by atoms with Gasteiger partial charge in [-0.25, -0.2) is 0 Å². The topological polar surface area (TPSA) is 27.9 Å². The minimum absolute atomic E-state index is 0.872. The van der Waals surface area contributed by atoms with Gasteiger partial charge in [-0.1, -0.05) is 158 Å². The maximum atomic E-state index is 6.53. The lowest BCUT2D eigenvalue weighted by Crippen LogP contribution is -1.94. The first-order valence-corrected chi connectivity index (χ1v) is 24.0. The van der Waals surface area contributed by atoms with E-state index in [9.17, 15) is 0 Å². The van der Waals surface area contributed by atoms with Crippen LogP contribution >= 0.6 is 0 Å². The van der Waals surface area contributed by atoms with Crippen LogP contribution in [-0.4, -0.2) is 13.7 Å². The number of benzene rings is 11. The van der Waals surface area contributed by atoms with Crippen LogP contribution in [0.2, 0.25) is 0 Å². The van der Waals surface area contributed by atoms with Gasteiger partial charge < -0.3 is 18.1 Å². The largest absolute Gasteiger partial charge is 0.456 e. The van der Waals surface area contributed by atoms with Gasteiger partial charge in [0.1, 0.15) is 11.2 Å². The Kier molecular flexibility index (Phi) is 8.33. The third kappa shape index (κ3) is 5.77. The second kappa shape index (κ2) is 15.1. The predicted molar refractivity (Wildman–Crippen MR) is 293 cm³/mol. The number of para-hydroxylation sites is 5. The van der Waals surface area contributed by atoms with Crippen molar-refractivity contribution in [2.24, 2.45) is 0 Å². The highest BCUT2D eigenvalue weighted by Gasteiger charge is 2.19. The molecule has 0 bridgehead atoms. The summed E-state index contributed by atoms with van der Waals surface area (Å²) in [5.41, 5.74) is 19.4. The van der Waals surface area contributed by atoms with Gasteiger partial charge in [0.15, 0.2) is 0 Å². The van der Waals surface area contributed by atoms with Gasteiger partial charge in [0.05, 0.1) is 33.1 Å². The zero-order valence-electron chi connectivity index (χ0n) is 37.9. The maximum Gasteiger partial charge on any atom is 0.135 e. The molecule has 15 rings (SSSR count). The van der Waals surface area contributed by atoms with E-state index in [1.807, 2.05) is 0 Å². The van der Waals surface area contributed by atoms with Crippen LogP contribution in [0.15, 0.2) is 253 Å². The van der Waals surface area contributed by atoms with Crippen LogP contribution < -0.4 is 0 Å². The van der Waals surface area contributed by atoms with Crippen molar-refractivity contribution in [2.45, 2.75) is 0 Å². The standard InChI is InChI=1S/C66H41N3O/c1-2-15-47(16-3-1)67-58-23-8-6-20-53(58)54-35-32-46(40-63(54)67)42-28-30-43(31-29-42)50-22-13-27-62-66(50)55-21-7-11-26-61(55)69(62)49-34-37-65-57(41-49)56-39-45(33-36-64(56)70-65)44-14-12-17-48(38-44)68-59-24-9-4-18-51(59)52-19-5-10-25-60(52)68/h1-41H. The summed E-state index contributed by atoms with van der Waals surface area (Å²) in [5.74, 6) is 0. The lowest BCUT2D eigenvalue weighted by molar-refractivity contribution is 0.669. The highest BCUT2D eigenvalue weighted by atomic mass is 16.3. The summed E-state index contributed by atoms with van der Waals surface area (Å²) in [6.45, 7) is 0. The van der Waals surface area contributed by atoms with Crippen molar-refractivity contribution < 1.29 is 4.42 Å². The minimum atomic E-state index is 0.872. The van der Waals surface area contributed by atoms with Gasteiger partial charge in [-0.2, -0.15) is 0 Å². The fraction of sp³-hybridized carbons (Fsp3) is 0. The van der Waals surface area contributed by atoms with Crippen molar-refractivity contribution in [3.05, 3.63) is 249 Å². The first-order chi connectivity index (χ1) is 34.7. The normalized spacial score (nSPS) is 12.0. The van der Waals surface area contributed by atoms with Crippen LogP contribution in [-0.2, 0) is 0 Å². The zero-order chi connectivity index (χ0) is 45.9. The number of aromatic nitrogens is 3. The molecule has 0 saturated carbocycles. The van der Waals surface area contributed by atoms with Crippen molar-refractivity contribution in [3.8, 4) is 50.4 Å². The molecular formula is C66H41N3O. The number of fused-ring (bicyclic) bond motifs is 12. The van der Waals surface area contributed by atoms with Crippen LogP contribution in [0.1, 0.15) is 0 Å². The Balaban J connectivity index is 0.820. The Morgan fingerprint density at radius 1 is 0.229 bits per heavy atom. The van der Waals surface area contributed by atoms with Gasteiger partial charge >= 0.3 is 0 Å². The second-order valence-corrected chi connectivity index (χ2v) is 18.5. The fourth-order valence-electron chi connectivity index (χ4n) is 11.5. The first kappa shape index (κ1) is 38.7. The van der Waals surface area contributed by atoms with Crippen molar-refractivity contribution in [2.75, 3.05) is 0 Å². The van der Waals surface area contributed by atoms with Crippen LogP contribution in [0.5, 0.6) is 0 Å². The van der Waals surface area contributed by atoms with E-state index in [-0.39, 0.29) is 0 Å². The molecule has 0 saturated heterocycles. The zero-order valence-corrected chi connectivity index (χ0v) is 37.9. The molecule has 4 heterocycles. The molecule has 11 aromatic carbocycles. The van der Waals surface area contributed by atoms with Gasteiger partial charge in [-0.05, 0) is 124 Å². The highest BCUT2D eigenvalue weighted by molar-refractivity contribution is 6.17. The summed E-state index contributed by atoms with van der Waals surface area (Å²) in [5, 5.41) is 9.68. The van der Waals surface area contributed by atoms with E-state index in [1.165, 1.54) is 82.2 Å². The van der Waals surface area contributed by atoms with E-state index >= 15 is 0 Å². The lowest BCUT2D eigenvalue weighted by atomic mass is 9.96. The van der Waals surface area contributed by atoms with Crippen LogP contribution in [0.25, 0.3) is 138 Å². The molecule has 0 atom stereocenters. The Morgan fingerprint density at radius 2 is 0.686 bits per heavy atom. The van der Waals surface area contributed by atoms with Crippen LogP contribution in [0.3, 0.4) is 0 Å². The van der Waals surface area contributed by atoms with Gasteiger partial charge in [0.25, 0.3) is 0 Å². The van der Waals surface area contributed by atoms with Crippen LogP contribution in [0.4, 0.5) is 0 Å². The van der Waals surface area contributed by atoms with E-state index in [2.05, 4.69) is 262 Å². The van der Waals surface area contributed by atoms with E-state index in [0.29, 0.717) is 0 Å². The first-order valence-electron chi connectivity index (χ1n) is 24.0. The molecule has 0 amide bonds. The SMILES string of the molecule is c1ccc(-n2c3ccccc3c3ccc(-c4ccc(-c5cccc6c5c5ccccc5n6-c5ccc6oc7ccc(-c8cccc(-n9c%10ccccc%10c%10ccccc%109)c8)cc7c6c5)cc4)cc32)cc1. The summed E-state index contributed by atoms with van der Waals surface area (Å²) >= 11 is 0. The molecule has 0 aliphatic rings. The van der Waals surface area contributed by atoms with Crippen molar-refractivity contribution >= 4 is 87.4 Å². The van der Waals surface area contributed by atoms with E-state index in [4.69, 9.17) is 4.42 Å². The third-order valence-electron chi connectivity index (χ3n) is 14.6. The smallest absolute Gasteiger partial charge is 0.135 e. The number of nitrogens with zero attached hydrogens (tertiary/aromatic N) is 3. The van der Waals surface area contributed by atoms with Crippen LogP contribution in [0, 0.1) is 0 Å². The number of hydrogen-bond donors (Lipinski definition) is 0. The molecule has 4 nitrogen and oxygen atoms in total. The van der Waals surface area contributed by atoms with Crippen molar-refractivity contribution in [1.82, 2.24) is 13.7 Å². The van der Waals surface area contributed by atoms with Gasteiger partial charge in [-0.3, -0.25) is 0 Å². The molecule has 0 unspecified atom stereocenters. The quantitative estimate of drug-likeness (QED) is 0.163. The number of hydrogen-bond acceptors (Lipinski definition) is 1. The molecule has 0 N–H and O–H groups in total. The summed E-state index contributed by atoms with van der Waals surface area (Å²) in [4.78, 5) is 0. The second-order valence-electron chi connectivity index (χ2n) is 18.5. The van der Waals surface area contributed by atoms with Gasteiger partial charge in [-0.15, -0.1) is 0 Å². The molecule has 15 aromatic rings. The molecule has 0 aliphatic carbocycles.